The summed E-state index contributed by atoms with van der Waals surface area (Å²) in [7, 11) is -4.04. The molecule has 0 aliphatic carbocycles. The largest absolute Gasteiger partial charge is 0.489 e. The summed E-state index contributed by atoms with van der Waals surface area (Å²) >= 11 is 0. The normalized spacial score (nSPS) is 13.3. The first-order chi connectivity index (χ1) is 20.9. The quantitative estimate of drug-likeness (QED) is 0.193. The molecule has 0 aliphatic heterocycles. The maximum absolute atomic E-state index is 13.8. The van der Waals surface area contributed by atoms with E-state index in [1.165, 1.54) is 16.4 Å². The predicted molar refractivity (Wildman–Crippen MR) is 166 cm³/mol. The zero-order chi connectivity index (χ0) is 31.9. The fraction of sp³-hybridized carbons (Fsp3) is 0.406. The Kier molecular flexibility index (Phi) is 11.0. The molecule has 0 saturated heterocycles. The van der Waals surface area contributed by atoms with Crippen LogP contribution in [0.25, 0.3) is 11.1 Å². The zero-order valence-electron chi connectivity index (χ0n) is 25.7. The summed E-state index contributed by atoms with van der Waals surface area (Å²) in [6.07, 6.45) is 1.64. The number of aromatic nitrogens is 2. The van der Waals surface area contributed by atoms with Crippen molar-refractivity contribution in [1.82, 2.24) is 19.6 Å². The van der Waals surface area contributed by atoms with Crippen LogP contribution < -0.4 is 10.1 Å². The van der Waals surface area contributed by atoms with E-state index < -0.39 is 28.3 Å². The average molecular weight is 625 g/mol. The van der Waals surface area contributed by atoms with Crippen LogP contribution in [0, 0.1) is 26.7 Å². The first-order valence-electron chi connectivity index (χ1n) is 14.5. The van der Waals surface area contributed by atoms with Gasteiger partial charge in [0.05, 0.1) is 17.0 Å². The lowest BCUT2D eigenvalue weighted by Crippen LogP contribution is -2.51. The molecule has 0 saturated carbocycles. The first-order valence-corrected chi connectivity index (χ1v) is 15.9. The summed E-state index contributed by atoms with van der Waals surface area (Å²) < 4.78 is 45.6. The molecular formula is C32H40N4O7S. The van der Waals surface area contributed by atoms with Gasteiger partial charge in [-0.3, -0.25) is 4.98 Å². The molecule has 2 aromatic carbocycles. The van der Waals surface area contributed by atoms with E-state index in [2.05, 4.69) is 15.3 Å². The maximum Gasteiger partial charge on any atom is 0.407 e. The molecule has 44 heavy (non-hydrogen) atoms. The highest BCUT2D eigenvalue weighted by Crippen LogP contribution is 2.24. The van der Waals surface area contributed by atoms with Gasteiger partial charge in [-0.15, -0.1) is 0 Å². The highest BCUT2D eigenvalue weighted by atomic mass is 32.2. The van der Waals surface area contributed by atoms with Crippen LogP contribution in [0.15, 0.2) is 70.2 Å². The highest BCUT2D eigenvalue weighted by Gasteiger charge is 2.32. The van der Waals surface area contributed by atoms with E-state index in [4.69, 9.17) is 13.9 Å². The third-order valence-corrected chi connectivity index (χ3v) is 8.77. The van der Waals surface area contributed by atoms with E-state index in [0.29, 0.717) is 22.7 Å². The van der Waals surface area contributed by atoms with Crippen LogP contribution in [-0.4, -0.2) is 72.3 Å². The van der Waals surface area contributed by atoms with E-state index in [0.717, 1.165) is 16.7 Å². The van der Waals surface area contributed by atoms with E-state index >= 15 is 0 Å². The Morgan fingerprint density at radius 2 is 1.73 bits per heavy atom. The number of alkyl carbamates (subject to hydrolysis) is 1. The zero-order valence-corrected chi connectivity index (χ0v) is 26.5. The second kappa shape index (κ2) is 14.7. The monoisotopic (exact) mass is 624 g/mol. The van der Waals surface area contributed by atoms with Gasteiger partial charge < -0.3 is 24.3 Å². The molecule has 4 aromatic rings. The van der Waals surface area contributed by atoms with Gasteiger partial charge in [0, 0.05) is 49.6 Å². The molecule has 1 amide bonds. The van der Waals surface area contributed by atoms with Crippen molar-refractivity contribution in [2.75, 3.05) is 26.3 Å². The lowest BCUT2D eigenvalue weighted by atomic mass is 10.0. The van der Waals surface area contributed by atoms with Crippen LogP contribution in [0.3, 0.4) is 0 Å². The Labute approximate surface area is 258 Å². The van der Waals surface area contributed by atoms with Crippen molar-refractivity contribution in [3.8, 4) is 5.75 Å². The number of benzene rings is 2. The van der Waals surface area contributed by atoms with Gasteiger partial charge in [-0.2, -0.15) is 4.31 Å². The molecule has 236 valence electrons. The van der Waals surface area contributed by atoms with Gasteiger partial charge in [0.1, 0.15) is 24.5 Å². The van der Waals surface area contributed by atoms with Gasteiger partial charge in [0.2, 0.25) is 10.0 Å². The van der Waals surface area contributed by atoms with Crippen LogP contribution in [0.1, 0.15) is 36.4 Å². The van der Waals surface area contributed by atoms with Crippen molar-refractivity contribution in [1.29, 1.82) is 0 Å². The third kappa shape index (κ3) is 8.55. The maximum atomic E-state index is 13.8. The molecule has 0 unspecified atom stereocenters. The van der Waals surface area contributed by atoms with Gasteiger partial charge in [-0.05, 0) is 43.9 Å². The van der Waals surface area contributed by atoms with Crippen molar-refractivity contribution >= 4 is 27.2 Å². The van der Waals surface area contributed by atoms with Gasteiger partial charge in [0.15, 0.2) is 11.5 Å². The number of pyridine rings is 1. The van der Waals surface area contributed by atoms with E-state index in [1.54, 1.807) is 25.4 Å². The first kappa shape index (κ1) is 32.9. The number of sulfonamides is 1. The molecule has 0 spiro atoms. The van der Waals surface area contributed by atoms with Crippen LogP contribution in [-0.2, 0) is 21.2 Å². The average Bonchev–Trinajstić information content (AvgIpc) is 3.35. The van der Waals surface area contributed by atoms with Crippen molar-refractivity contribution in [3.05, 3.63) is 83.5 Å². The summed E-state index contributed by atoms with van der Waals surface area (Å²) in [5, 5.41) is 14.2. The lowest BCUT2D eigenvalue weighted by molar-refractivity contribution is 0.0844. The van der Waals surface area contributed by atoms with Crippen LogP contribution in [0.2, 0.25) is 0 Å². The third-order valence-electron chi connectivity index (χ3n) is 6.95. The number of fused-ring (bicyclic) bond motifs is 1. The van der Waals surface area contributed by atoms with Crippen molar-refractivity contribution in [2.45, 2.75) is 58.1 Å². The number of aliphatic hydroxyl groups excluding tert-OH is 1. The molecule has 0 radical (unpaired) electrons. The molecule has 0 fully saturated rings. The number of hydrogen-bond acceptors (Lipinski definition) is 9. The van der Waals surface area contributed by atoms with Gasteiger partial charge in [-0.1, -0.05) is 44.2 Å². The molecule has 2 aromatic heterocycles. The standard InChI is InChI=1S/C32H40N4O7S/c1-21(2)19-36(44(39,40)26-11-12-27-30(16-26)43-24(5)34-27)20-29(37)28(15-25-9-7-6-8-10-25)35-32(38)42-14-13-41-31-22(3)17-33-18-23(31)4/h6-12,16-18,21,28-29,37H,13-15,19-20H2,1-5H3,(H,35,38)/t28-,29+/m0/s1. The number of hydrogen-bond donors (Lipinski definition) is 2. The molecule has 11 nitrogen and oxygen atoms in total. The Hall–Kier alpha value is -4.00. The van der Waals surface area contributed by atoms with Crippen molar-refractivity contribution < 1.29 is 32.2 Å². The minimum Gasteiger partial charge on any atom is -0.489 e. The number of carbonyl (C=O) groups excluding carboxylic acids is 1. The van der Waals surface area contributed by atoms with Crippen molar-refractivity contribution in [3.63, 3.8) is 0 Å². The fourth-order valence-corrected chi connectivity index (χ4v) is 6.52. The van der Waals surface area contributed by atoms with Crippen molar-refractivity contribution in [2.24, 2.45) is 5.92 Å². The number of carbonyl (C=O) groups is 1. The summed E-state index contributed by atoms with van der Waals surface area (Å²) in [5.41, 5.74) is 3.51. The van der Waals surface area contributed by atoms with Crippen LogP contribution >= 0.6 is 0 Å². The van der Waals surface area contributed by atoms with Gasteiger partial charge >= 0.3 is 6.09 Å². The number of ether oxygens (including phenoxy) is 2. The SMILES string of the molecule is Cc1nc2ccc(S(=O)(=O)N(CC(C)C)C[C@@H](O)[C@H](Cc3ccccc3)NC(=O)OCCOc3c(C)cncc3C)cc2o1. The number of aryl methyl sites for hydroxylation is 3. The number of amides is 1. The highest BCUT2D eigenvalue weighted by molar-refractivity contribution is 7.89. The predicted octanol–water partition coefficient (Wildman–Crippen LogP) is 4.57. The number of oxazole rings is 1. The van der Waals surface area contributed by atoms with Gasteiger partial charge in [-0.25, -0.2) is 18.2 Å². The Morgan fingerprint density at radius 1 is 1.02 bits per heavy atom. The smallest absolute Gasteiger partial charge is 0.407 e. The van der Waals surface area contributed by atoms with Gasteiger partial charge in [0.25, 0.3) is 0 Å². The number of aliphatic hydroxyl groups is 1. The Balaban J connectivity index is 1.47. The number of nitrogens with zero attached hydrogens (tertiary/aromatic N) is 3. The molecule has 12 heteroatoms. The van der Waals surface area contributed by atoms with Crippen LogP contribution in [0.5, 0.6) is 5.75 Å². The molecule has 2 atom stereocenters. The molecule has 2 heterocycles. The number of nitrogens with one attached hydrogen (secondary N) is 1. The lowest BCUT2D eigenvalue weighted by Gasteiger charge is -2.30. The topological polar surface area (TPSA) is 144 Å². The Morgan fingerprint density at radius 3 is 2.41 bits per heavy atom. The molecular weight excluding hydrogens is 584 g/mol. The van der Waals surface area contributed by atoms with E-state index in [9.17, 15) is 18.3 Å². The van der Waals surface area contributed by atoms with E-state index in [1.807, 2.05) is 58.0 Å². The summed E-state index contributed by atoms with van der Waals surface area (Å²) in [5.74, 6) is 1.08. The second-order valence-electron chi connectivity index (χ2n) is 11.2. The molecule has 0 aliphatic rings. The minimum absolute atomic E-state index is 0.0284. The second-order valence-corrected chi connectivity index (χ2v) is 13.1. The Bertz CT molecular complexity index is 1640. The minimum atomic E-state index is -4.04. The molecule has 0 bridgehead atoms. The molecule has 4 rings (SSSR count). The summed E-state index contributed by atoms with van der Waals surface area (Å²) in [6, 6.07) is 13.0. The number of rotatable bonds is 14. The fourth-order valence-electron chi connectivity index (χ4n) is 4.88. The summed E-state index contributed by atoms with van der Waals surface area (Å²) in [4.78, 5) is 21.2. The van der Waals surface area contributed by atoms with Crippen LogP contribution in [0.4, 0.5) is 4.79 Å². The van der Waals surface area contributed by atoms with E-state index in [-0.39, 0.29) is 43.5 Å². The summed E-state index contributed by atoms with van der Waals surface area (Å²) in [6.45, 7) is 9.24. The molecule has 2 N–H and O–H groups in total.